The number of nitrogen functional groups attached to an aromatic ring is 1. The third-order valence-corrected chi connectivity index (χ3v) is 5.00. The largest absolute Gasteiger partial charge is 0.382 e. The minimum atomic E-state index is -1.12. The molecule has 5 aromatic rings. The molecule has 7 nitrogen and oxygen atoms in total. The molecule has 3 N–H and O–H groups in total. The highest BCUT2D eigenvalue weighted by Gasteiger charge is 2.17. The fraction of sp³-hybridized carbons (Fsp3) is 0.130. The van der Waals surface area contributed by atoms with E-state index in [1.807, 2.05) is 6.92 Å². The van der Waals surface area contributed by atoms with Crippen LogP contribution in [-0.4, -0.2) is 24.5 Å². The van der Waals surface area contributed by atoms with Gasteiger partial charge in [0.1, 0.15) is 17.7 Å². The van der Waals surface area contributed by atoms with Crippen LogP contribution in [0.1, 0.15) is 19.0 Å². The van der Waals surface area contributed by atoms with Crippen molar-refractivity contribution in [2.75, 3.05) is 5.73 Å². The zero-order valence-electron chi connectivity index (χ0n) is 17.5. The average Bonchev–Trinajstić information content (AvgIpc) is 3.27. The van der Waals surface area contributed by atoms with Gasteiger partial charge in [-0.1, -0.05) is 31.5 Å². The number of halogens is 3. The smallest absolute Gasteiger partial charge is 0.266 e. The standard InChI is InChI=1S/C18H14F3NO.C5H5N5/c1-2-5-12-10-11-6-3-7-13(19)16(11)18(23)22(12)15-9-4-8-14(20)17(15)21;6-4-3-5(9-1-7-3)10-2-8-4/h3-4,6-10H,2,5H2,1H3;1-2H,(H3,6,7,8,9,10). The van der Waals surface area contributed by atoms with Crippen LogP contribution in [0.3, 0.4) is 0 Å². The molecule has 10 heteroatoms. The van der Waals surface area contributed by atoms with Gasteiger partial charge in [-0.2, -0.15) is 0 Å². The first-order valence-corrected chi connectivity index (χ1v) is 10.1. The van der Waals surface area contributed by atoms with Crippen LogP contribution in [0.15, 0.2) is 59.9 Å². The number of nitrogens with two attached hydrogens (primary N) is 1. The topological polar surface area (TPSA) is 102 Å². The van der Waals surface area contributed by atoms with Gasteiger partial charge in [0, 0.05) is 5.69 Å². The maximum absolute atomic E-state index is 14.2. The van der Waals surface area contributed by atoms with Gasteiger partial charge in [0.2, 0.25) is 0 Å². The van der Waals surface area contributed by atoms with Gasteiger partial charge >= 0.3 is 0 Å². The second-order valence-electron chi connectivity index (χ2n) is 7.16. The van der Waals surface area contributed by atoms with E-state index in [0.717, 1.165) is 10.6 Å². The van der Waals surface area contributed by atoms with E-state index in [-0.39, 0.29) is 11.1 Å². The minimum Gasteiger partial charge on any atom is -0.382 e. The molecule has 33 heavy (non-hydrogen) atoms. The summed E-state index contributed by atoms with van der Waals surface area (Å²) in [6.07, 6.45) is 4.11. The highest BCUT2D eigenvalue weighted by molar-refractivity contribution is 5.83. The lowest BCUT2D eigenvalue weighted by Gasteiger charge is -2.15. The highest BCUT2D eigenvalue weighted by atomic mass is 19.2. The van der Waals surface area contributed by atoms with E-state index in [1.165, 1.54) is 36.9 Å². The van der Waals surface area contributed by atoms with Crippen LogP contribution >= 0.6 is 0 Å². The van der Waals surface area contributed by atoms with Crippen molar-refractivity contribution in [3.63, 3.8) is 0 Å². The van der Waals surface area contributed by atoms with Crippen LogP contribution in [0.25, 0.3) is 27.6 Å². The lowest BCUT2D eigenvalue weighted by atomic mass is 10.1. The maximum atomic E-state index is 14.2. The molecule has 2 aromatic carbocycles. The van der Waals surface area contributed by atoms with E-state index in [4.69, 9.17) is 5.73 Å². The lowest BCUT2D eigenvalue weighted by Crippen LogP contribution is -2.24. The lowest BCUT2D eigenvalue weighted by molar-refractivity contribution is 0.502. The molecule has 0 spiro atoms. The number of aromatic amines is 1. The molecule has 0 atom stereocenters. The van der Waals surface area contributed by atoms with Gasteiger partial charge in [0.25, 0.3) is 5.56 Å². The molecule has 0 bridgehead atoms. The summed E-state index contributed by atoms with van der Waals surface area (Å²) in [4.78, 5) is 27.1. The van der Waals surface area contributed by atoms with Crippen molar-refractivity contribution in [2.24, 2.45) is 0 Å². The maximum Gasteiger partial charge on any atom is 0.266 e. The van der Waals surface area contributed by atoms with Gasteiger partial charge in [-0.15, -0.1) is 0 Å². The number of hydrogen-bond acceptors (Lipinski definition) is 5. The Morgan fingerprint density at radius 3 is 2.55 bits per heavy atom. The quantitative estimate of drug-likeness (QED) is 0.425. The first-order chi connectivity index (χ1) is 15.9. The van der Waals surface area contributed by atoms with Crippen LogP contribution in [0, 0.1) is 17.5 Å². The molecule has 0 unspecified atom stereocenters. The molecule has 0 amide bonds. The number of nitrogens with zero attached hydrogens (tertiary/aromatic N) is 4. The Hall–Kier alpha value is -4.21. The summed E-state index contributed by atoms with van der Waals surface area (Å²) in [5.41, 5.74) is 6.40. The summed E-state index contributed by atoms with van der Waals surface area (Å²) in [6, 6.07) is 9.58. The number of hydrogen-bond donors (Lipinski definition) is 2. The van der Waals surface area contributed by atoms with Gasteiger partial charge in [-0.05, 0) is 36.1 Å². The first kappa shape index (κ1) is 22.0. The molecular weight excluding hydrogens is 433 g/mol. The number of aromatic nitrogens is 5. The van der Waals surface area contributed by atoms with Gasteiger partial charge in [0.15, 0.2) is 23.1 Å². The normalized spacial score (nSPS) is 10.9. The Bertz CT molecular complexity index is 1510. The van der Waals surface area contributed by atoms with Gasteiger partial charge < -0.3 is 10.7 Å². The molecule has 0 saturated heterocycles. The van der Waals surface area contributed by atoms with E-state index in [9.17, 15) is 18.0 Å². The second kappa shape index (κ2) is 9.11. The van der Waals surface area contributed by atoms with Gasteiger partial charge in [-0.25, -0.2) is 28.1 Å². The molecule has 0 aliphatic heterocycles. The second-order valence-corrected chi connectivity index (χ2v) is 7.16. The Morgan fingerprint density at radius 1 is 1.03 bits per heavy atom. The minimum absolute atomic E-state index is 0.129. The van der Waals surface area contributed by atoms with Crippen LogP contribution in [0.4, 0.5) is 19.0 Å². The van der Waals surface area contributed by atoms with Gasteiger partial charge in [-0.3, -0.25) is 9.36 Å². The summed E-state index contributed by atoms with van der Waals surface area (Å²) in [7, 11) is 0. The summed E-state index contributed by atoms with van der Waals surface area (Å²) in [6.45, 7) is 1.91. The van der Waals surface area contributed by atoms with Crippen LogP contribution in [0.5, 0.6) is 0 Å². The Kier molecular flexibility index (Phi) is 6.07. The number of aryl methyl sites for hydroxylation is 1. The average molecular weight is 452 g/mol. The van der Waals surface area contributed by atoms with E-state index in [1.54, 1.807) is 12.1 Å². The van der Waals surface area contributed by atoms with Crippen molar-refractivity contribution in [2.45, 2.75) is 19.8 Å². The number of fused-ring (bicyclic) bond motifs is 2. The highest BCUT2D eigenvalue weighted by Crippen LogP contribution is 2.22. The SMILES string of the molecule is CCCc1cc2cccc(F)c2c(=O)n1-c1cccc(F)c1F.Nc1ncnc2nc[nH]c12. The zero-order chi connectivity index (χ0) is 23.5. The molecular formula is C23H19F3N6O. The number of benzene rings is 2. The fourth-order valence-electron chi connectivity index (χ4n) is 3.53. The summed E-state index contributed by atoms with van der Waals surface area (Å²) >= 11 is 0. The molecule has 0 fully saturated rings. The van der Waals surface area contributed by atoms with Crippen LogP contribution < -0.4 is 11.3 Å². The first-order valence-electron chi connectivity index (χ1n) is 10.1. The van der Waals surface area contributed by atoms with E-state index in [0.29, 0.717) is 40.9 Å². The van der Waals surface area contributed by atoms with Crippen molar-refractivity contribution in [3.8, 4) is 5.69 Å². The van der Waals surface area contributed by atoms with E-state index < -0.39 is 23.0 Å². The predicted octanol–water partition coefficient (Wildman–Crippen LogP) is 4.30. The van der Waals surface area contributed by atoms with Crippen molar-refractivity contribution in [1.29, 1.82) is 0 Å². The Morgan fingerprint density at radius 2 is 1.79 bits per heavy atom. The Labute approximate surface area is 185 Å². The number of pyridine rings is 1. The monoisotopic (exact) mass is 452 g/mol. The number of rotatable bonds is 3. The molecule has 0 radical (unpaired) electrons. The number of H-pyrrole nitrogens is 1. The molecule has 0 saturated carbocycles. The van der Waals surface area contributed by atoms with Crippen molar-refractivity contribution >= 4 is 27.8 Å². The molecule has 0 aliphatic rings. The zero-order valence-corrected chi connectivity index (χ0v) is 17.5. The van der Waals surface area contributed by atoms with Gasteiger partial charge in [0.05, 0.1) is 17.4 Å². The van der Waals surface area contributed by atoms with Crippen LogP contribution in [-0.2, 0) is 6.42 Å². The Balaban J connectivity index is 0.000000214. The summed E-state index contributed by atoms with van der Waals surface area (Å²) in [5.74, 6) is -2.42. The molecule has 0 aliphatic carbocycles. The molecule has 3 aromatic heterocycles. The molecule has 5 rings (SSSR count). The predicted molar refractivity (Wildman–Crippen MR) is 120 cm³/mol. The third kappa shape index (κ3) is 4.14. The van der Waals surface area contributed by atoms with Crippen molar-refractivity contribution < 1.29 is 13.2 Å². The molecule has 168 valence electrons. The van der Waals surface area contributed by atoms with Crippen LogP contribution in [0.2, 0.25) is 0 Å². The summed E-state index contributed by atoms with van der Waals surface area (Å²) < 4.78 is 42.8. The number of imidazole rings is 1. The van der Waals surface area contributed by atoms with E-state index in [2.05, 4.69) is 19.9 Å². The van der Waals surface area contributed by atoms with Crippen molar-refractivity contribution in [3.05, 3.63) is 88.6 Å². The van der Waals surface area contributed by atoms with Crippen molar-refractivity contribution in [1.82, 2.24) is 24.5 Å². The number of anilines is 1. The number of nitrogens with one attached hydrogen (secondary N) is 1. The van der Waals surface area contributed by atoms with E-state index >= 15 is 0 Å². The fourth-order valence-corrected chi connectivity index (χ4v) is 3.53. The third-order valence-electron chi connectivity index (χ3n) is 5.00. The summed E-state index contributed by atoms with van der Waals surface area (Å²) in [5, 5.41) is 0.322. The molecule has 3 heterocycles.